The average molecular weight is 495 g/mol. The molecule has 30 heavy (non-hydrogen) atoms. The summed E-state index contributed by atoms with van der Waals surface area (Å²) in [7, 11) is 3.16. The van der Waals surface area contributed by atoms with Crippen molar-refractivity contribution in [1.29, 1.82) is 5.26 Å². The number of rotatable bonds is 5. The van der Waals surface area contributed by atoms with Gasteiger partial charge in [-0.1, -0.05) is 25.4 Å². The molecule has 160 valence electrons. The molecule has 0 bridgehead atoms. The number of hydrogen-bond acceptors (Lipinski definition) is 6. The predicted octanol–water partition coefficient (Wildman–Crippen LogP) is 4.49. The normalized spacial score (nSPS) is 20.9. The van der Waals surface area contributed by atoms with Gasteiger partial charge in [0.2, 0.25) is 0 Å². The zero-order valence-electron chi connectivity index (χ0n) is 17.5. The Hall–Kier alpha value is -2.01. The van der Waals surface area contributed by atoms with Gasteiger partial charge in [0.25, 0.3) is 0 Å². The van der Waals surface area contributed by atoms with Crippen molar-refractivity contribution in [3.05, 3.63) is 49.9 Å². The SMILES string of the molecule is COCCN1C(N)=C(C#N)[C@@H](c2cc(Cl)cc(Br)c2OC)C2=C1CC(C)(C)CC2=O. The third-order valence-electron chi connectivity index (χ3n) is 5.56. The van der Waals surface area contributed by atoms with Gasteiger partial charge in [-0.3, -0.25) is 4.79 Å². The Morgan fingerprint density at radius 2 is 2.07 bits per heavy atom. The summed E-state index contributed by atoms with van der Waals surface area (Å²) in [6.07, 6.45) is 1.06. The molecular formula is C22H25BrClN3O3. The van der Waals surface area contributed by atoms with Crippen LogP contribution in [0.1, 0.15) is 38.2 Å². The molecule has 2 N–H and O–H groups in total. The van der Waals surface area contributed by atoms with Crippen LogP contribution in [0.25, 0.3) is 0 Å². The van der Waals surface area contributed by atoms with Crippen LogP contribution in [0.4, 0.5) is 0 Å². The van der Waals surface area contributed by atoms with Gasteiger partial charge in [0, 0.05) is 41.9 Å². The van der Waals surface area contributed by atoms with E-state index in [0.29, 0.717) is 63.8 Å². The Morgan fingerprint density at radius 3 is 2.67 bits per heavy atom. The molecule has 0 saturated heterocycles. The van der Waals surface area contributed by atoms with Crippen LogP contribution in [-0.4, -0.2) is 38.1 Å². The quantitative estimate of drug-likeness (QED) is 0.649. The van der Waals surface area contributed by atoms with E-state index in [1.807, 2.05) is 4.90 Å². The second kappa shape index (κ2) is 8.62. The van der Waals surface area contributed by atoms with Crippen LogP contribution in [0.5, 0.6) is 5.75 Å². The molecule has 3 rings (SSSR count). The predicted molar refractivity (Wildman–Crippen MR) is 119 cm³/mol. The van der Waals surface area contributed by atoms with Crippen LogP contribution in [0.2, 0.25) is 5.02 Å². The summed E-state index contributed by atoms with van der Waals surface area (Å²) in [5.41, 5.74) is 8.67. The van der Waals surface area contributed by atoms with Gasteiger partial charge in [-0.25, -0.2) is 0 Å². The summed E-state index contributed by atoms with van der Waals surface area (Å²) in [5.74, 6) is 0.228. The van der Waals surface area contributed by atoms with Crippen LogP contribution < -0.4 is 10.5 Å². The number of halogens is 2. The van der Waals surface area contributed by atoms with E-state index in [1.54, 1.807) is 26.4 Å². The lowest BCUT2D eigenvalue weighted by Crippen LogP contribution is -2.43. The molecule has 0 aromatic heterocycles. The molecule has 1 heterocycles. The summed E-state index contributed by atoms with van der Waals surface area (Å²) < 4.78 is 11.5. The van der Waals surface area contributed by atoms with Gasteiger partial charge >= 0.3 is 0 Å². The fourth-order valence-corrected chi connectivity index (χ4v) is 5.33. The molecule has 0 radical (unpaired) electrons. The van der Waals surface area contributed by atoms with E-state index in [9.17, 15) is 10.1 Å². The van der Waals surface area contributed by atoms with Gasteiger partial charge in [-0.15, -0.1) is 0 Å². The van der Waals surface area contributed by atoms with Crippen LogP contribution in [0.3, 0.4) is 0 Å². The van der Waals surface area contributed by atoms with E-state index in [-0.39, 0.29) is 11.2 Å². The van der Waals surface area contributed by atoms with Crippen molar-refractivity contribution in [2.24, 2.45) is 11.1 Å². The molecule has 8 heteroatoms. The first-order chi connectivity index (χ1) is 14.1. The molecule has 0 unspecified atom stereocenters. The number of nitrogens with zero attached hydrogens (tertiary/aromatic N) is 2. The van der Waals surface area contributed by atoms with E-state index >= 15 is 0 Å². The second-order valence-corrected chi connectivity index (χ2v) is 9.59. The molecule has 6 nitrogen and oxygen atoms in total. The standard InChI is InChI=1S/C22H25BrClN3O3/c1-22(2)9-16-19(17(28)10-22)18(13-7-12(24)8-15(23)20(13)30-4)14(11-25)21(26)27(16)5-6-29-3/h7-8,18H,5-6,9-10,26H2,1-4H3/t18-/m1/s1. The first kappa shape index (κ1) is 22.7. The molecule has 1 atom stereocenters. The number of Topliss-reactive ketones (excluding diaryl/α,β-unsaturated/α-hetero) is 1. The molecule has 1 aliphatic carbocycles. The zero-order chi connectivity index (χ0) is 22.2. The minimum atomic E-state index is -0.641. The van der Waals surface area contributed by atoms with Crippen LogP contribution in [-0.2, 0) is 9.53 Å². The molecule has 1 aliphatic heterocycles. The monoisotopic (exact) mass is 493 g/mol. The van der Waals surface area contributed by atoms with Crippen LogP contribution >= 0.6 is 27.5 Å². The van der Waals surface area contributed by atoms with Crippen molar-refractivity contribution < 1.29 is 14.3 Å². The maximum atomic E-state index is 13.4. The first-order valence-electron chi connectivity index (χ1n) is 9.60. The number of ketones is 1. The van der Waals surface area contributed by atoms with E-state index in [4.69, 9.17) is 26.8 Å². The average Bonchev–Trinajstić information content (AvgIpc) is 2.65. The van der Waals surface area contributed by atoms with E-state index in [1.165, 1.54) is 0 Å². The molecule has 1 aromatic rings. The fraction of sp³-hybridized carbons (Fsp3) is 0.455. The smallest absolute Gasteiger partial charge is 0.162 e. The van der Waals surface area contributed by atoms with Crippen molar-refractivity contribution in [2.45, 2.75) is 32.6 Å². The van der Waals surface area contributed by atoms with Crippen molar-refractivity contribution >= 4 is 33.3 Å². The molecule has 2 aliphatic rings. The topological polar surface area (TPSA) is 88.6 Å². The third-order valence-corrected chi connectivity index (χ3v) is 6.37. The van der Waals surface area contributed by atoms with Crippen molar-refractivity contribution in [3.8, 4) is 11.8 Å². The number of nitriles is 1. The van der Waals surface area contributed by atoms with Crippen molar-refractivity contribution in [1.82, 2.24) is 4.90 Å². The highest BCUT2D eigenvalue weighted by molar-refractivity contribution is 9.10. The lowest BCUT2D eigenvalue weighted by molar-refractivity contribution is -0.118. The number of hydrogen-bond donors (Lipinski definition) is 1. The van der Waals surface area contributed by atoms with Gasteiger partial charge in [0.1, 0.15) is 11.6 Å². The number of allylic oxidation sites excluding steroid dienone is 3. The van der Waals surface area contributed by atoms with Gasteiger partial charge in [0.15, 0.2) is 5.78 Å². The van der Waals surface area contributed by atoms with Crippen molar-refractivity contribution in [2.75, 3.05) is 27.4 Å². The number of benzene rings is 1. The van der Waals surface area contributed by atoms with E-state index < -0.39 is 5.92 Å². The number of ether oxygens (including phenoxy) is 2. The Labute approximate surface area is 190 Å². The number of carbonyl (C=O) groups excluding carboxylic acids is 1. The van der Waals surface area contributed by atoms with Gasteiger partial charge in [-0.05, 0) is 39.9 Å². The molecule has 0 spiro atoms. The molecule has 0 saturated carbocycles. The Kier molecular flexibility index (Phi) is 6.51. The van der Waals surface area contributed by atoms with Crippen LogP contribution in [0, 0.1) is 16.7 Å². The minimum Gasteiger partial charge on any atom is -0.495 e. The molecule has 0 fully saturated rings. The van der Waals surface area contributed by atoms with Crippen LogP contribution in [0.15, 0.2) is 39.3 Å². The highest BCUT2D eigenvalue weighted by atomic mass is 79.9. The highest BCUT2D eigenvalue weighted by Crippen LogP contribution is 2.51. The highest BCUT2D eigenvalue weighted by Gasteiger charge is 2.45. The van der Waals surface area contributed by atoms with Crippen molar-refractivity contribution in [3.63, 3.8) is 0 Å². The summed E-state index contributed by atoms with van der Waals surface area (Å²) >= 11 is 9.82. The lowest BCUT2D eigenvalue weighted by Gasteiger charge is -2.44. The third kappa shape index (κ3) is 3.96. The zero-order valence-corrected chi connectivity index (χ0v) is 19.9. The molecule has 0 amide bonds. The van der Waals surface area contributed by atoms with Gasteiger partial charge in [-0.2, -0.15) is 5.26 Å². The second-order valence-electron chi connectivity index (χ2n) is 8.30. The Balaban J connectivity index is 2.32. The van der Waals surface area contributed by atoms with E-state index in [2.05, 4.69) is 35.8 Å². The van der Waals surface area contributed by atoms with E-state index in [0.717, 1.165) is 5.70 Å². The minimum absolute atomic E-state index is 0.00654. The molecular weight excluding hydrogens is 470 g/mol. The Bertz CT molecular complexity index is 994. The molecule has 1 aromatic carbocycles. The fourth-order valence-electron chi connectivity index (χ4n) is 4.33. The summed E-state index contributed by atoms with van der Waals surface area (Å²) in [5, 5.41) is 10.5. The number of carbonyl (C=O) groups is 1. The lowest BCUT2D eigenvalue weighted by atomic mass is 9.68. The summed E-state index contributed by atoms with van der Waals surface area (Å²) in [6, 6.07) is 5.70. The number of nitrogens with two attached hydrogens (primary N) is 1. The number of methoxy groups -OCH3 is 2. The maximum Gasteiger partial charge on any atom is 0.162 e. The first-order valence-corrected chi connectivity index (χ1v) is 10.8. The van der Waals surface area contributed by atoms with Gasteiger partial charge < -0.3 is 20.1 Å². The largest absolute Gasteiger partial charge is 0.495 e. The summed E-state index contributed by atoms with van der Waals surface area (Å²) in [4.78, 5) is 15.3. The summed E-state index contributed by atoms with van der Waals surface area (Å²) in [6.45, 7) is 5.00. The maximum absolute atomic E-state index is 13.4. The Morgan fingerprint density at radius 1 is 1.37 bits per heavy atom. The van der Waals surface area contributed by atoms with Gasteiger partial charge in [0.05, 0.1) is 35.7 Å².